The van der Waals surface area contributed by atoms with Gasteiger partial charge in [-0.2, -0.15) is 0 Å². The van der Waals surface area contributed by atoms with E-state index in [1.54, 1.807) is 0 Å². The Labute approximate surface area is 401 Å². The van der Waals surface area contributed by atoms with Crippen LogP contribution in [0.3, 0.4) is 0 Å². The second kappa shape index (κ2) is 16.3. The van der Waals surface area contributed by atoms with Crippen LogP contribution < -0.4 is 25.4 Å². The molecule has 10 aromatic carbocycles. The lowest BCUT2D eigenvalue weighted by atomic mass is 9.93. The van der Waals surface area contributed by atoms with Crippen molar-refractivity contribution in [1.29, 1.82) is 0 Å². The summed E-state index contributed by atoms with van der Waals surface area (Å²) in [6.07, 6.45) is 0. The topological polar surface area (TPSA) is 19.6 Å². The van der Waals surface area contributed by atoms with Crippen molar-refractivity contribution in [3.63, 3.8) is 0 Å². The first-order chi connectivity index (χ1) is 33.1. The Morgan fingerprint density at radius 2 is 0.971 bits per heavy atom. The van der Waals surface area contributed by atoms with Crippen LogP contribution in [0, 0.1) is 0 Å². The van der Waals surface area contributed by atoms with Gasteiger partial charge in [-0.05, 0) is 104 Å². The maximum atomic E-state index is 6.70. The summed E-state index contributed by atoms with van der Waals surface area (Å²) in [4.78, 5) is 4.82. The summed E-state index contributed by atoms with van der Waals surface area (Å²) >= 11 is 0. The highest BCUT2D eigenvalue weighted by atomic mass is 28.3. The van der Waals surface area contributed by atoms with Crippen molar-refractivity contribution < 1.29 is 4.42 Å². The first-order valence-corrected chi connectivity index (χ1v) is 30.3. The summed E-state index contributed by atoms with van der Waals surface area (Å²) in [6, 6.07) is 82.5. The van der Waals surface area contributed by atoms with Crippen LogP contribution >= 0.6 is 0 Å². The molecule has 5 heteroatoms. The van der Waals surface area contributed by atoms with Gasteiger partial charge in [-0.15, -0.1) is 0 Å². The van der Waals surface area contributed by atoms with Crippen molar-refractivity contribution in [3.8, 4) is 33.4 Å². The molecule has 0 fully saturated rings. The van der Waals surface area contributed by atoms with Crippen molar-refractivity contribution in [2.75, 3.05) is 9.80 Å². The smallest absolute Gasteiger partial charge is 0.159 e. The number of fused-ring (bicyclic) bond motifs is 5. The van der Waals surface area contributed by atoms with Crippen LogP contribution in [0.5, 0.6) is 0 Å². The summed E-state index contributed by atoms with van der Waals surface area (Å²) in [5, 5.41) is 9.33. The molecule has 0 saturated carbocycles. The van der Waals surface area contributed by atoms with E-state index >= 15 is 0 Å². The minimum absolute atomic E-state index is 0.869. The highest BCUT2D eigenvalue weighted by Crippen LogP contribution is 2.47. The van der Waals surface area contributed by atoms with E-state index in [1.165, 1.54) is 60.0 Å². The molecule has 0 saturated heterocycles. The highest BCUT2D eigenvalue weighted by molar-refractivity contribution is 7.03. The molecule has 0 aliphatic carbocycles. The van der Waals surface area contributed by atoms with E-state index in [0.29, 0.717) is 0 Å². The molecule has 68 heavy (non-hydrogen) atoms. The van der Waals surface area contributed by atoms with Crippen LogP contribution in [0.2, 0.25) is 32.7 Å². The van der Waals surface area contributed by atoms with Gasteiger partial charge in [0.1, 0.15) is 13.7 Å². The van der Waals surface area contributed by atoms with Gasteiger partial charge in [-0.3, -0.25) is 0 Å². The van der Waals surface area contributed by atoms with Crippen LogP contribution in [0.1, 0.15) is 0 Å². The van der Waals surface area contributed by atoms with E-state index in [4.69, 9.17) is 4.42 Å². The molecule has 0 spiro atoms. The van der Waals surface area contributed by atoms with E-state index < -0.39 is 16.1 Å². The van der Waals surface area contributed by atoms with E-state index in [0.717, 1.165) is 55.8 Å². The van der Waals surface area contributed by atoms with Crippen LogP contribution in [-0.2, 0) is 0 Å². The van der Waals surface area contributed by atoms with Crippen molar-refractivity contribution in [1.82, 2.24) is 0 Å². The zero-order valence-corrected chi connectivity index (χ0v) is 41.2. The van der Waals surface area contributed by atoms with Crippen LogP contribution in [0.25, 0.3) is 66.1 Å². The van der Waals surface area contributed by atoms with Gasteiger partial charge >= 0.3 is 0 Å². The minimum atomic E-state index is -2.20. The monoisotopic (exact) mass is 908 g/mol. The maximum absolute atomic E-state index is 6.70. The molecule has 328 valence electrons. The molecule has 0 bridgehead atoms. The van der Waals surface area contributed by atoms with Gasteiger partial charge in [0.15, 0.2) is 5.58 Å². The average molecular weight is 909 g/mol. The number of benzene rings is 10. The number of hydrogen-bond donors (Lipinski definition) is 0. The molecule has 2 heterocycles. The lowest BCUT2D eigenvalue weighted by Crippen LogP contribution is -2.55. The van der Waals surface area contributed by atoms with Crippen LogP contribution in [0.4, 0.5) is 34.1 Å². The van der Waals surface area contributed by atoms with Gasteiger partial charge in [-0.25, -0.2) is 0 Å². The molecule has 0 unspecified atom stereocenters. The number of nitrogens with zero attached hydrogens (tertiary/aromatic N) is 2. The molecule has 11 aromatic rings. The Kier molecular flexibility index (Phi) is 9.98. The van der Waals surface area contributed by atoms with Gasteiger partial charge in [0.25, 0.3) is 0 Å². The molecule has 3 nitrogen and oxygen atoms in total. The maximum Gasteiger partial charge on any atom is 0.159 e. The number of para-hydroxylation sites is 4. The molecular formula is C63H52N2OSi2. The minimum Gasteiger partial charge on any atom is -0.454 e. The summed E-state index contributed by atoms with van der Waals surface area (Å²) in [5.74, 6) is 0. The molecule has 12 rings (SSSR count). The van der Waals surface area contributed by atoms with Crippen molar-refractivity contribution >= 4 is 98.5 Å². The fourth-order valence-corrected chi connectivity index (χ4v) is 15.0. The van der Waals surface area contributed by atoms with Crippen molar-refractivity contribution in [3.05, 3.63) is 224 Å². The predicted molar refractivity (Wildman–Crippen MR) is 297 cm³/mol. The average Bonchev–Trinajstić information content (AvgIpc) is 3.76. The molecule has 1 aliphatic rings. The van der Waals surface area contributed by atoms with Crippen LogP contribution in [-0.4, -0.2) is 16.1 Å². The van der Waals surface area contributed by atoms with E-state index in [2.05, 4.69) is 261 Å². The van der Waals surface area contributed by atoms with Crippen molar-refractivity contribution in [2.24, 2.45) is 0 Å². The van der Waals surface area contributed by atoms with E-state index in [9.17, 15) is 0 Å². The van der Waals surface area contributed by atoms with Gasteiger partial charge in [0.2, 0.25) is 0 Å². The summed E-state index contributed by atoms with van der Waals surface area (Å²) in [6.45, 7) is 12.3. The predicted octanol–water partition coefficient (Wildman–Crippen LogP) is 16.4. The molecule has 1 aromatic heterocycles. The SMILES string of the molecule is C[Si](C)(C)c1ccc(N(c2ccccc2)c2ccc3c4c(cccc24)[Si](C)(C)c2cc(-c4ccc(N(c5ccccc5-c5ccccc5)c5cccc6c5oc5ccccc56)cc4)ccc2-3)cc1. The standard InChI is InChI=1S/C63H52N2OSi2/c1-67(2,3)49-37-35-47(36-38-49)64(46-20-10-7-11-21-46)57-41-40-53-52-39-32-45(42-61(52)68(4,5)60-29-17-25-55(57)62(53)60)43-30-33-48(34-31-43)65(56-26-14-12-22-50(56)44-18-8-6-9-19-44)58-27-16-24-54-51-23-13-15-28-59(51)66-63(54)58/h6-42H,1-5H3. The lowest BCUT2D eigenvalue weighted by molar-refractivity contribution is 0.669. The number of furan rings is 1. The molecule has 0 atom stereocenters. The van der Waals surface area contributed by atoms with E-state index in [1.807, 2.05) is 6.07 Å². The number of rotatable bonds is 9. The number of anilines is 6. The largest absolute Gasteiger partial charge is 0.454 e. The third-order valence-corrected chi connectivity index (χ3v) is 19.8. The Hall–Kier alpha value is -7.71. The first-order valence-electron chi connectivity index (χ1n) is 23.8. The molecular weight excluding hydrogens is 857 g/mol. The Bertz CT molecular complexity index is 3680. The molecule has 1 aliphatic heterocycles. The Balaban J connectivity index is 0.959. The zero-order valence-electron chi connectivity index (χ0n) is 39.2. The second-order valence-corrected chi connectivity index (χ2v) is 29.1. The van der Waals surface area contributed by atoms with Gasteiger partial charge in [-0.1, -0.05) is 202 Å². The van der Waals surface area contributed by atoms with Crippen LogP contribution in [0.15, 0.2) is 229 Å². The third-order valence-electron chi connectivity index (χ3n) is 14.2. The third kappa shape index (κ3) is 6.92. The Morgan fingerprint density at radius 3 is 1.75 bits per heavy atom. The normalized spacial score (nSPS) is 12.9. The molecule has 0 N–H and O–H groups in total. The van der Waals surface area contributed by atoms with Gasteiger partial charge < -0.3 is 14.2 Å². The molecule has 0 amide bonds. The summed E-state index contributed by atoms with van der Waals surface area (Å²) in [5.41, 5.74) is 15.9. The Morgan fingerprint density at radius 1 is 0.382 bits per heavy atom. The lowest BCUT2D eigenvalue weighted by Gasteiger charge is -2.35. The van der Waals surface area contributed by atoms with Gasteiger partial charge in [0, 0.05) is 38.8 Å². The molecule has 0 radical (unpaired) electrons. The van der Waals surface area contributed by atoms with E-state index in [-0.39, 0.29) is 0 Å². The number of hydrogen-bond acceptors (Lipinski definition) is 3. The van der Waals surface area contributed by atoms with Crippen molar-refractivity contribution in [2.45, 2.75) is 32.7 Å². The first kappa shape index (κ1) is 41.7. The fourth-order valence-electron chi connectivity index (χ4n) is 10.7. The summed E-state index contributed by atoms with van der Waals surface area (Å²) < 4.78 is 6.70. The second-order valence-electron chi connectivity index (χ2n) is 19.7. The zero-order chi connectivity index (χ0) is 46.1. The fraction of sp³-hybridized carbons (Fsp3) is 0.0794. The van der Waals surface area contributed by atoms with Gasteiger partial charge in [0.05, 0.1) is 25.1 Å². The highest BCUT2D eigenvalue weighted by Gasteiger charge is 2.36. The quantitative estimate of drug-likeness (QED) is 0.135. The summed E-state index contributed by atoms with van der Waals surface area (Å²) in [7, 11) is -3.66.